The van der Waals surface area contributed by atoms with Gasteiger partial charge in [-0.15, -0.1) is 0 Å². The molecule has 1 unspecified atom stereocenters. The number of nitrogens with two attached hydrogens (primary N) is 1. The van der Waals surface area contributed by atoms with Gasteiger partial charge >= 0.3 is 5.97 Å². The largest absolute Gasteiger partial charge is 0.480 e. The van der Waals surface area contributed by atoms with E-state index in [0.29, 0.717) is 12.3 Å². The molecule has 0 aliphatic rings. The summed E-state index contributed by atoms with van der Waals surface area (Å²) < 4.78 is 0. The van der Waals surface area contributed by atoms with Gasteiger partial charge < -0.3 is 16.2 Å². The molecule has 1 amide bonds. The maximum absolute atomic E-state index is 11.7. The minimum atomic E-state index is -1.04. The third kappa shape index (κ3) is 5.68. The highest BCUT2D eigenvalue weighted by molar-refractivity contribution is 5.87. The molecule has 4 N–H and O–H groups in total. The van der Waals surface area contributed by atoms with Crippen LogP contribution in [0.4, 0.5) is 0 Å². The molecule has 0 aromatic carbocycles. The predicted molar refractivity (Wildman–Crippen MR) is 66.5 cm³/mol. The smallest absolute Gasteiger partial charge is 0.326 e. The number of carbonyl (C=O) groups is 2. The molecule has 0 aromatic rings. The Morgan fingerprint density at radius 1 is 1.29 bits per heavy atom. The number of nitrogens with one attached hydrogen (secondary N) is 1. The number of rotatable bonds is 5. The van der Waals surface area contributed by atoms with Gasteiger partial charge in [0, 0.05) is 0 Å². The molecule has 0 aromatic heterocycles. The molecule has 5 nitrogen and oxygen atoms in total. The number of aliphatic carboxylic acids is 1. The van der Waals surface area contributed by atoms with Crippen molar-refractivity contribution in [2.45, 2.75) is 53.1 Å². The van der Waals surface area contributed by atoms with Gasteiger partial charge in [0.05, 0.1) is 6.04 Å². The molecule has 0 aliphatic heterocycles. The van der Waals surface area contributed by atoms with Crippen molar-refractivity contribution in [3.05, 3.63) is 0 Å². The molecule has 0 spiro atoms. The van der Waals surface area contributed by atoms with Gasteiger partial charge in [0.2, 0.25) is 5.91 Å². The first-order chi connectivity index (χ1) is 7.55. The minimum absolute atomic E-state index is 0.300. The fraction of sp³-hybridized carbons (Fsp3) is 0.833. The van der Waals surface area contributed by atoms with E-state index < -0.39 is 29.4 Å². The highest BCUT2D eigenvalue weighted by Crippen LogP contribution is 2.19. The van der Waals surface area contributed by atoms with Crippen LogP contribution in [0.3, 0.4) is 0 Å². The Morgan fingerprint density at radius 3 is 2.06 bits per heavy atom. The van der Waals surface area contributed by atoms with E-state index >= 15 is 0 Å². The average Bonchev–Trinajstić information content (AvgIpc) is 2.09. The maximum Gasteiger partial charge on any atom is 0.326 e. The summed E-state index contributed by atoms with van der Waals surface area (Å²) in [6.07, 6.45) is 0.544. The summed E-state index contributed by atoms with van der Waals surface area (Å²) in [4.78, 5) is 22.8. The molecule has 0 rings (SSSR count). The van der Waals surface area contributed by atoms with E-state index in [9.17, 15) is 9.59 Å². The SMILES string of the molecule is CC(C)CC(N)C(=O)N[C@H](C(=O)O)C(C)(C)C. The van der Waals surface area contributed by atoms with Crippen LogP contribution in [0.15, 0.2) is 0 Å². The second-order valence-corrected chi connectivity index (χ2v) is 5.88. The zero-order valence-corrected chi connectivity index (χ0v) is 11.3. The molecule has 17 heavy (non-hydrogen) atoms. The molecule has 2 atom stereocenters. The van der Waals surface area contributed by atoms with Gasteiger partial charge in [0.1, 0.15) is 6.04 Å². The van der Waals surface area contributed by atoms with Gasteiger partial charge in [-0.25, -0.2) is 4.79 Å². The molecule has 0 saturated carbocycles. The molecule has 5 heteroatoms. The summed E-state index contributed by atoms with van der Waals surface area (Å²) in [5.41, 5.74) is 5.16. The van der Waals surface area contributed by atoms with Gasteiger partial charge in [-0.1, -0.05) is 34.6 Å². The predicted octanol–water partition coefficient (Wildman–Crippen LogP) is 0.975. The monoisotopic (exact) mass is 244 g/mol. The lowest BCUT2D eigenvalue weighted by atomic mass is 9.86. The molecular formula is C12H24N2O3. The third-order valence-electron chi connectivity index (χ3n) is 2.46. The van der Waals surface area contributed by atoms with Crippen LogP contribution in [0, 0.1) is 11.3 Å². The molecule has 0 heterocycles. The highest BCUT2D eigenvalue weighted by Gasteiger charge is 2.33. The lowest BCUT2D eigenvalue weighted by Gasteiger charge is -2.29. The molecule has 0 fully saturated rings. The van der Waals surface area contributed by atoms with Crippen molar-refractivity contribution in [1.82, 2.24) is 5.32 Å². The van der Waals surface area contributed by atoms with Crippen molar-refractivity contribution in [2.24, 2.45) is 17.1 Å². The summed E-state index contributed by atoms with van der Waals surface area (Å²) in [7, 11) is 0. The third-order valence-corrected chi connectivity index (χ3v) is 2.46. The Labute approximate surface area is 103 Å². The Morgan fingerprint density at radius 2 is 1.76 bits per heavy atom. The molecule has 100 valence electrons. The maximum atomic E-state index is 11.7. The van der Waals surface area contributed by atoms with Crippen molar-refractivity contribution >= 4 is 11.9 Å². The Kier molecular flexibility index (Phi) is 5.61. The van der Waals surface area contributed by atoms with Crippen molar-refractivity contribution in [2.75, 3.05) is 0 Å². The minimum Gasteiger partial charge on any atom is -0.480 e. The molecular weight excluding hydrogens is 220 g/mol. The van der Waals surface area contributed by atoms with E-state index in [4.69, 9.17) is 10.8 Å². The Balaban J connectivity index is 4.58. The van der Waals surface area contributed by atoms with Gasteiger partial charge in [-0.3, -0.25) is 4.79 Å². The average molecular weight is 244 g/mol. The van der Waals surface area contributed by atoms with Crippen LogP contribution >= 0.6 is 0 Å². The van der Waals surface area contributed by atoms with E-state index in [2.05, 4.69) is 5.32 Å². The summed E-state index contributed by atoms with van der Waals surface area (Å²) in [6, 6.07) is -1.58. The van der Waals surface area contributed by atoms with E-state index in [-0.39, 0.29) is 0 Å². The summed E-state index contributed by atoms with van der Waals surface area (Å²) >= 11 is 0. The second kappa shape index (κ2) is 6.00. The first-order valence-electron chi connectivity index (χ1n) is 5.84. The molecule has 0 radical (unpaired) electrons. The van der Waals surface area contributed by atoms with E-state index in [0.717, 1.165) is 0 Å². The van der Waals surface area contributed by atoms with Crippen LogP contribution in [0.25, 0.3) is 0 Å². The van der Waals surface area contributed by atoms with Crippen LogP contribution in [0.1, 0.15) is 41.0 Å². The Bertz CT molecular complexity index is 282. The number of amides is 1. The van der Waals surface area contributed by atoms with E-state index in [1.165, 1.54) is 0 Å². The normalized spacial score (nSPS) is 15.5. The lowest BCUT2D eigenvalue weighted by molar-refractivity contribution is -0.145. The number of carbonyl (C=O) groups excluding carboxylic acids is 1. The summed E-state index contributed by atoms with van der Waals surface area (Å²) in [5, 5.41) is 11.6. The van der Waals surface area contributed by atoms with Gasteiger partial charge in [-0.2, -0.15) is 0 Å². The van der Waals surface area contributed by atoms with Crippen molar-refractivity contribution < 1.29 is 14.7 Å². The van der Waals surface area contributed by atoms with Crippen molar-refractivity contribution in [3.63, 3.8) is 0 Å². The molecule has 0 aliphatic carbocycles. The number of carboxylic acid groups (broad SMARTS) is 1. The van der Waals surface area contributed by atoms with Crippen LogP contribution in [-0.2, 0) is 9.59 Å². The first kappa shape index (κ1) is 15.9. The quantitative estimate of drug-likeness (QED) is 0.672. The Hall–Kier alpha value is -1.10. The van der Waals surface area contributed by atoms with Crippen LogP contribution in [-0.4, -0.2) is 29.1 Å². The number of carboxylic acids is 1. The fourth-order valence-corrected chi connectivity index (χ4v) is 1.51. The van der Waals surface area contributed by atoms with Gasteiger partial charge in [0.25, 0.3) is 0 Å². The number of hydrogen-bond acceptors (Lipinski definition) is 3. The van der Waals surface area contributed by atoms with Gasteiger partial charge in [0.15, 0.2) is 0 Å². The first-order valence-corrected chi connectivity index (χ1v) is 5.84. The summed E-state index contributed by atoms with van der Waals surface area (Å²) in [5.74, 6) is -1.14. The highest BCUT2D eigenvalue weighted by atomic mass is 16.4. The van der Waals surface area contributed by atoms with Gasteiger partial charge in [-0.05, 0) is 17.8 Å². The van der Waals surface area contributed by atoms with Crippen LogP contribution < -0.4 is 11.1 Å². The van der Waals surface area contributed by atoms with Crippen LogP contribution in [0.2, 0.25) is 0 Å². The summed E-state index contributed by atoms with van der Waals surface area (Å²) in [6.45, 7) is 9.22. The van der Waals surface area contributed by atoms with E-state index in [1.807, 2.05) is 13.8 Å². The van der Waals surface area contributed by atoms with Crippen molar-refractivity contribution in [3.8, 4) is 0 Å². The van der Waals surface area contributed by atoms with Crippen molar-refractivity contribution in [1.29, 1.82) is 0 Å². The zero-order chi connectivity index (χ0) is 13.8. The fourth-order valence-electron chi connectivity index (χ4n) is 1.51. The molecule has 0 saturated heterocycles. The topological polar surface area (TPSA) is 92.4 Å². The second-order valence-electron chi connectivity index (χ2n) is 5.88. The standard InChI is InChI=1S/C12H24N2O3/c1-7(2)6-8(13)10(15)14-9(11(16)17)12(3,4)5/h7-9H,6,13H2,1-5H3,(H,14,15)(H,16,17)/t8?,9-/m1/s1. The molecule has 0 bridgehead atoms. The lowest BCUT2D eigenvalue weighted by Crippen LogP contribution is -2.53. The van der Waals surface area contributed by atoms with E-state index in [1.54, 1.807) is 20.8 Å². The van der Waals surface area contributed by atoms with Crippen LogP contribution in [0.5, 0.6) is 0 Å². The zero-order valence-electron chi connectivity index (χ0n) is 11.3. The number of hydrogen-bond donors (Lipinski definition) is 3.